The summed E-state index contributed by atoms with van der Waals surface area (Å²) in [5.41, 5.74) is 2.06. The molecule has 0 heterocycles. The Kier molecular flexibility index (Phi) is 4.81. The molecule has 2 aliphatic carbocycles. The molecular formula is C29H16N2O5. The number of anilines is 1. The molecule has 0 atom stereocenters. The summed E-state index contributed by atoms with van der Waals surface area (Å²) in [5.74, 6) is -1.32. The Bertz CT molecular complexity index is 1690. The first kappa shape index (κ1) is 21.5. The number of benzene rings is 4. The van der Waals surface area contributed by atoms with Gasteiger partial charge in [-0.2, -0.15) is 0 Å². The highest BCUT2D eigenvalue weighted by atomic mass is 16.5. The van der Waals surface area contributed by atoms with Gasteiger partial charge >= 0.3 is 0 Å². The van der Waals surface area contributed by atoms with Crippen molar-refractivity contribution in [3.8, 4) is 0 Å². The number of hydroxylamine groups is 1. The van der Waals surface area contributed by atoms with Gasteiger partial charge in [0.1, 0.15) is 6.34 Å². The highest BCUT2D eigenvalue weighted by molar-refractivity contribution is 6.31. The van der Waals surface area contributed by atoms with Gasteiger partial charge in [-0.15, -0.1) is 0 Å². The highest BCUT2D eigenvalue weighted by Gasteiger charge is 2.33. The number of ketones is 4. The van der Waals surface area contributed by atoms with Crippen molar-refractivity contribution in [3.05, 3.63) is 129 Å². The van der Waals surface area contributed by atoms with Crippen LogP contribution < -0.4 is 5.06 Å². The molecule has 0 saturated heterocycles. The van der Waals surface area contributed by atoms with Crippen LogP contribution >= 0.6 is 0 Å². The fourth-order valence-electron chi connectivity index (χ4n) is 4.73. The Hall–Kier alpha value is -5.01. The van der Waals surface area contributed by atoms with Crippen LogP contribution in [-0.2, 0) is 0 Å². The van der Waals surface area contributed by atoms with Crippen LogP contribution in [0.3, 0.4) is 0 Å². The van der Waals surface area contributed by atoms with Crippen molar-refractivity contribution in [2.45, 2.75) is 0 Å². The SMILES string of the molecule is O=C1c2ccccc2C(=O)c2c(N=CN(O)c3cccc4c3C(=O)c3ccccc3C4=O)cccc21. The van der Waals surface area contributed by atoms with E-state index >= 15 is 0 Å². The van der Waals surface area contributed by atoms with Crippen LogP contribution in [0.2, 0.25) is 0 Å². The molecule has 0 aromatic heterocycles. The van der Waals surface area contributed by atoms with Gasteiger partial charge in [0.25, 0.3) is 0 Å². The fraction of sp³-hybridized carbons (Fsp3) is 0. The minimum Gasteiger partial charge on any atom is -0.289 e. The van der Waals surface area contributed by atoms with Crippen molar-refractivity contribution in [3.63, 3.8) is 0 Å². The van der Waals surface area contributed by atoms with Gasteiger partial charge in [-0.25, -0.2) is 10.1 Å². The summed E-state index contributed by atoms with van der Waals surface area (Å²) in [7, 11) is 0. The second kappa shape index (κ2) is 8.04. The average Bonchev–Trinajstić information content (AvgIpc) is 2.92. The standard InChI is InChI=1S/C29H16N2O5/c32-26-16-7-1-3-9-18(16)28(34)24-20(26)11-5-13-22(24)30-15-31(36)23-14-6-12-21-25(23)29(35)19-10-4-2-8-17(19)27(21)33/h1-15,36H. The van der Waals surface area contributed by atoms with Crippen molar-refractivity contribution in [2.75, 3.05) is 5.06 Å². The van der Waals surface area contributed by atoms with Gasteiger partial charge in [-0.05, 0) is 12.1 Å². The fourth-order valence-corrected chi connectivity index (χ4v) is 4.73. The lowest BCUT2D eigenvalue weighted by atomic mass is 9.83. The molecule has 0 unspecified atom stereocenters. The van der Waals surface area contributed by atoms with Gasteiger partial charge in [-0.3, -0.25) is 24.4 Å². The smallest absolute Gasteiger partial charge is 0.196 e. The third kappa shape index (κ3) is 3.07. The maximum Gasteiger partial charge on any atom is 0.196 e. The minimum atomic E-state index is -0.391. The maximum atomic E-state index is 13.2. The van der Waals surface area contributed by atoms with Crippen LogP contribution in [0.1, 0.15) is 63.7 Å². The van der Waals surface area contributed by atoms with Crippen molar-refractivity contribution < 1.29 is 24.4 Å². The van der Waals surface area contributed by atoms with Crippen LogP contribution in [0.5, 0.6) is 0 Å². The van der Waals surface area contributed by atoms with Crippen LogP contribution in [0.4, 0.5) is 11.4 Å². The van der Waals surface area contributed by atoms with Crippen LogP contribution in [-0.4, -0.2) is 34.7 Å². The third-order valence-corrected chi connectivity index (χ3v) is 6.41. The summed E-state index contributed by atoms with van der Waals surface area (Å²) in [4.78, 5) is 56.6. The quantitative estimate of drug-likeness (QED) is 0.226. The molecule has 0 fully saturated rings. The number of rotatable bonds is 3. The number of nitrogens with zero attached hydrogens (tertiary/aromatic N) is 2. The molecule has 4 aromatic carbocycles. The number of hydrogen-bond donors (Lipinski definition) is 1. The predicted molar refractivity (Wildman–Crippen MR) is 132 cm³/mol. The molecule has 6 rings (SSSR count). The van der Waals surface area contributed by atoms with Crippen LogP contribution in [0.15, 0.2) is 89.9 Å². The highest BCUT2D eigenvalue weighted by Crippen LogP contribution is 2.35. The van der Waals surface area contributed by atoms with Gasteiger partial charge in [0.05, 0.1) is 22.5 Å². The van der Waals surface area contributed by atoms with E-state index in [2.05, 4.69) is 4.99 Å². The van der Waals surface area contributed by atoms with E-state index in [4.69, 9.17) is 0 Å². The lowest BCUT2D eigenvalue weighted by molar-refractivity contribution is 0.0979. The van der Waals surface area contributed by atoms with E-state index in [1.807, 2.05) is 0 Å². The molecule has 2 aliphatic rings. The van der Waals surface area contributed by atoms with Crippen molar-refractivity contribution in [1.82, 2.24) is 0 Å². The largest absolute Gasteiger partial charge is 0.289 e. The molecule has 0 bridgehead atoms. The first-order valence-electron chi connectivity index (χ1n) is 11.1. The molecule has 0 amide bonds. The third-order valence-electron chi connectivity index (χ3n) is 6.41. The summed E-state index contributed by atoms with van der Waals surface area (Å²) in [6.45, 7) is 0. The predicted octanol–water partition coefficient (Wildman–Crippen LogP) is 4.79. The average molecular weight is 472 g/mol. The molecule has 7 nitrogen and oxygen atoms in total. The van der Waals surface area contributed by atoms with E-state index in [9.17, 15) is 24.4 Å². The lowest BCUT2D eigenvalue weighted by Crippen LogP contribution is -2.26. The van der Waals surface area contributed by atoms with E-state index < -0.39 is 5.78 Å². The molecule has 1 N–H and O–H groups in total. The Balaban J connectivity index is 1.40. The molecule has 0 saturated carbocycles. The summed E-state index contributed by atoms with van der Waals surface area (Å²) in [5, 5.41) is 11.5. The van der Waals surface area contributed by atoms with Gasteiger partial charge in [-0.1, -0.05) is 72.8 Å². The Morgan fingerprint density at radius 1 is 0.528 bits per heavy atom. The van der Waals surface area contributed by atoms with Crippen molar-refractivity contribution in [2.24, 2.45) is 4.99 Å². The molecule has 0 radical (unpaired) electrons. The summed E-state index contributed by atoms with van der Waals surface area (Å²) in [6, 6.07) is 22.4. The van der Waals surface area contributed by atoms with Gasteiger partial charge in [0.2, 0.25) is 0 Å². The maximum absolute atomic E-state index is 13.2. The first-order valence-corrected chi connectivity index (χ1v) is 11.1. The van der Waals surface area contributed by atoms with Crippen molar-refractivity contribution >= 4 is 40.8 Å². The van der Waals surface area contributed by atoms with Crippen molar-refractivity contribution in [1.29, 1.82) is 0 Å². The van der Waals surface area contributed by atoms with E-state index in [1.54, 1.807) is 72.8 Å². The molecule has 36 heavy (non-hydrogen) atoms. The number of hydrogen-bond acceptors (Lipinski definition) is 6. The Labute approximate surface area is 204 Å². The Morgan fingerprint density at radius 2 is 0.972 bits per heavy atom. The zero-order valence-electron chi connectivity index (χ0n) is 18.6. The Morgan fingerprint density at radius 3 is 1.56 bits per heavy atom. The normalized spacial score (nSPS) is 13.8. The summed E-state index contributed by atoms with van der Waals surface area (Å²) in [6.07, 6.45) is 1.04. The van der Waals surface area contributed by atoms with E-state index in [1.165, 1.54) is 12.1 Å². The topological polar surface area (TPSA) is 104 Å². The molecule has 7 heteroatoms. The monoisotopic (exact) mass is 472 g/mol. The van der Waals surface area contributed by atoms with E-state index in [-0.39, 0.29) is 56.5 Å². The van der Waals surface area contributed by atoms with Crippen LogP contribution in [0, 0.1) is 0 Å². The number of fused-ring (bicyclic) bond motifs is 4. The van der Waals surface area contributed by atoms with Gasteiger partial charge < -0.3 is 0 Å². The van der Waals surface area contributed by atoms with Gasteiger partial charge in [0, 0.05) is 33.4 Å². The molecular weight excluding hydrogens is 456 g/mol. The van der Waals surface area contributed by atoms with Gasteiger partial charge in [0.15, 0.2) is 23.1 Å². The first-order chi connectivity index (χ1) is 17.5. The molecule has 4 aromatic rings. The number of carbonyl (C=O) groups excluding carboxylic acids is 4. The van der Waals surface area contributed by atoms with E-state index in [0.717, 1.165) is 6.34 Å². The number of aliphatic imine (C=N–C) groups is 1. The van der Waals surface area contributed by atoms with Crippen LogP contribution in [0.25, 0.3) is 0 Å². The summed E-state index contributed by atoms with van der Waals surface area (Å²) >= 11 is 0. The lowest BCUT2D eigenvalue weighted by Gasteiger charge is -2.22. The van der Waals surface area contributed by atoms with E-state index in [0.29, 0.717) is 21.8 Å². The second-order valence-electron chi connectivity index (χ2n) is 8.40. The summed E-state index contributed by atoms with van der Waals surface area (Å²) < 4.78 is 0. The molecule has 0 aliphatic heterocycles. The minimum absolute atomic E-state index is 0.0606. The molecule has 172 valence electrons. The number of carbonyl (C=O) groups is 4. The zero-order chi connectivity index (χ0) is 25.0. The molecule has 0 spiro atoms. The zero-order valence-corrected chi connectivity index (χ0v) is 18.6. The second-order valence-corrected chi connectivity index (χ2v) is 8.40.